The largest absolute Gasteiger partial charge is 0.291 e. The summed E-state index contributed by atoms with van der Waals surface area (Å²) in [6.07, 6.45) is 6.21. The van der Waals surface area contributed by atoms with Crippen molar-refractivity contribution in [3.05, 3.63) is 82.7 Å². The van der Waals surface area contributed by atoms with Gasteiger partial charge < -0.3 is 0 Å². The van der Waals surface area contributed by atoms with E-state index in [1.54, 1.807) is 23.0 Å². The molecule has 0 saturated carbocycles. The zero-order chi connectivity index (χ0) is 20.6. The van der Waals surface area contributed by atoms with Crippen LogP contribution in [0.5, 0.6) is 0 Å². The molecule has 0 fully saturated rings. The summed E-state index contributed by atoms with van der Waals surface area (Å²) in [5.74, 6) is -0.0352. The number of hydrogen-bond donors (Lipinski definition) is 1. The molecule has 0 saturated heterocycles. The second-order valence-corrected chi connectivity index (χ2v) is 9.31. The van der Waals surface area contributed by atoms with Crippen LogP contribution in [0.25, 0.3) is 22.0 Å². The molecule has 2 aromatic carbocycles. The second kappa shape index (κ2) is 7.29. The van der Waals surface area contributed by atoms with Crippen molar-refractivity contribution in [1.82, 2.24) is 19.7 Å². The number of sulfone groups is 1. The molecule has 1 atom stereocenters. The molecule has 2 heterocycles. The van der Waals surface area contributed by atoms with Crippen LogP contribution in [0.2, 0.25) is 0 Å². The third-order valence-electron chi connectivity index (χ3n) is 4.89. The minimum Gasteiger partial charge on any atom is -0.291 e. The Kier molecular flexibility index (Phi) is 4.79. The van der Waals surface area contributed by atoms with Gasteiger partial charge in [-0.15, -0.1) is 0 Å². The topological polar surface area (TPSA) is 97.7 Å². The Labute approximate surface area is 168 Å². The van der Waals surface area contributed by atoms with Crippen molar-refractivity contribution in [2.24, 2.45) is 0 Å². The summed E-state index contributed by atoms with van der Waals surface area (Å²) in [4.78, 5) is 17.6. The van der Waals surface area contributed by atoms with E-state index in [-0.39, 0.29) is 17.4 Å². The lowest BCUT2D eigenvalue weighted by Gasteiger charge is -2.17. The summed E-state index contributed by atoms with van der Waals surface area (Å²) in [7, 11) is -3.14. The molecule has 2 aromatic heterocycles. The maximum Gasteiger partial charge on any atom is 0.261 e. The Hall–Kier alpha value is -3.26. The van der Waals surface area contributed by atoms with Gasteiger partial charge in [0.05, 0.1) is 35.2 Å². The molecule has 4 aromatic rings. The van der Waals surface area contributed by atoms with Gasteiger partial charge >= 0.3 is 0 Å². The van der Waals surface area contributed by atoms with Crippen molar-refractivity contribution in [3.63, 3.8) is 0 Å². The first kappa shape index (κ1) is 19.1. The Morgan fingerprint density at radius 1 is 1.14 bits per heavy atom. The lowest BCUT2D eigenvalue weighted by atomic mass is 10.0. The number of fused-ring (bicyclic) bond motifs is 1. The maximum atomic E-state index is 13.2. The Bertz CT molecular complexity index is 1340. The van der Waals surface area contributed by atoms with E-state index < -0.39 is 9.84 Å². The van der Waals surface area contributed by atoms with E-state index >= 15 is 0 Å². The van der Waals surface area contributed by atoms with Gasteiger partial charge in [-0.1, -0.05) is 30.3 Å². The fraction of sp³-hybridized carbons (Fsp3) is 0.190. The molecule has 0 amide bonds. The Morgan fingerprint density at radius 2 is 1.97 bits per heavy atom. The molecule has 148 valence electrons. The van der Waals surface area contributed by atoms with Gasteiger partial charge in [0.2, 0.25) is 0 Å². The molecule has 0 aliphatic carbocycles. The highest BCUT2D eigenvalue weighted by molar-refractivity contribution is 7.89. The Balaban J connectivity index is 1.76. The molecule has 0 aliphatic rings. The molecule has 0 aliphatic heterocycles. The van der Waals surface area contributed by atoms with Crippen LogP contribution in [0.4, 0.5) is 0 Å². The highest BCUT2D eigenvalue weighted by Gasteiger charge is 2.14. The van der Waals surface area contributed by atoms with Crippen LogP contribution in [0.15, 0.2) is 66.0 Å². The van der Waals surface area contributed by atoms with Crippen molar-refractivity contribution in [3.8, 4) is 11.1 Å². The summed E-state index contributed by atoms with van der Waals surface area (Å²) in [6, 6.07) is 12.5. The van der Waals surface area contributed by atoms with Crippen LogP contribution >= 0.6 is 0 Å². The molecule has 29 heavy (non-hydrogen) atoms. The summed E-state index contributed by atoms with van der Waals surface area (Å²) in [5, 5.41) is 7.24. The Morgan fingerprint density at radius 3 is 2.69 bits per heavy atom. The van der Waals surface area contributed by atoms with Crippen LogP contribution in [-0.4, -0.2) is 34.4 Å². The zero-order valence-corrected chi connectivity index (χ0v) is 16.8. The van der Waals surface area contributed by atoms with E-state index in [1.807, 2.05) is 43.3 Å². The number of benzene rings is 2. The van der Waals surface area contributed by atoms with Crippen molar-refractivity contribution in [2.45, 2.75) is 18.7 Å². The van der Waals surface area contributed by atoms with Gasteiger partial charge in [0.15, 0.2) is 9.84 Å². The second-order valence-electron chi connectivity index (χ2n) is 7.17. The van der Waals surface area contributed by atoms with Crippen molar-refractivity contribution in [1.29, 1.82) is 0 Å². The van der Waals surface area contributed by atoms with Crippen LogP contribution in [0, 0.1) is 0 Å². The molecule has 0 radical (unpaired) electrons. The van der Waals surface area contributed by atoms with Gasteiger partial charge in [-0.25, -0.2) is 13.4 Å². The standard InChI is InChI=1S/C21H20N4O3S/c1-14(16-5-3-4-15(8-16)12-29(2,27)28)25-13-22-20-7-6-17(9-19(20)21(25)26)18-10-23-24-11-18/h3-11,13-14H,12H2,1-2H3,(H,23,24). The van der Waals surface area contributed by atoms with E-state index in [2.05, 4.69) is 15.2 Å². The first-order chi connectivity index (χ1) is 13.8. The van der Waals surface area contributed by atoms with Crippen LogP contribution < -0.4 is 5.56 Å². The molecular formula is C21H20N4O3S. The predicted molar refractivity (Wildman–Crippen MR) is 112 cm³/mol. The van der Waals surface area contributed by atoms with Crippen LogP contribution in [-0.2, 0) is 15.6 Å². The third kappa shape index (κ3) is 3.97. The van der Waals surface area contributed by atoms with E-state index in [0.717, 1.165) is 16.7 Å². The number of nitrogens with one attached hydrogen (secondary N) is 1. The molecule has 1 N–H and O–H groups in total. The first-order valence-electron chi connectivity index (χ1n) is 9.08. The summed E-state index contributed by atoms with van der Waals surface area (Å²) in [5.41, 5.74) is 3.79. The molecule has 0 spiro atoms. The lowest BCUT2D eigenvalue weighted by molar-refractivity contribution is 0.599. The van der Waals surface area contributed by atoms with E-state index in [1.165, 1.54) is 12.6 Å². The maximum absolute atomic E-state index is 13.2. The van der Waals surface area contributed by atoms with Gasteiger partial charge in [-0.3, -0.25) is 14.5 Å². The molecule has 4 rings (SSSR count). The average Bonchev–Trinajstić information content (AvgIpc) is 3.21. The predicted octanol–water partition coefficient (Wildman–Crippen LogP) is 2.94. The monoisotopic (exact) mass is 408 g/mol. The number of rotatable bonds is 5. The fourth-order valence-corrected chi connectivity index (χ4v) is 4.19. The van der Waals surface area contributed by atoms with E-state index in [9.17, 15) is 13.2 Å². The molecular weight excluding hydrogens is 388 g/mol. The first-order valence-corrected chi connectivity index (χ1v) is 11.1. The quantitative estimate of drug-likeness (QED) is 0.548. The van der Waals surface area contributed by atoms with E-state index in [0.29, 0.717) is 16.5 Å². The van der Waals surface area contributed by atoms with Gasteiger partial charge in [0, 0.05) is 18.0 Å². The van der Waals surface area contributed by atoms with Gasteiger partial charge in [0.25, 0.3) is 5.56 Å². The molecule has 1 unspecified atom stereocenters. The molecule has 0 bridgehead atoms. The molecule has 7 nitrogen and oxygen atoms in total. The summed E-state index contributed by atoms with van der Waals surface area (Å²) < 4.78 is 24.8. The SMILES string of the molecule is CC(c1cccc(CS(C)(=O)=O)c1)n1cnc2ccc(-c3cn[nH]c3)cc2c1=O. The summed E-state index contributed by atoms with van der Waals surface area (Å²) in [6.45, 7) is 1.90. The van der Waals surface area contributed by atoms with E-state index in [4.69, 9.17) is 0 Å². The number of nitrogens with zero attached hydrogens (tertiary/aromatic N) is 3. The highest BCUT2D eigenvalue weighted by Crippen LogP contribution is 2.23. The van der Waals surface area contributed by atoms with Gasteiger partial charge in [0.1, 0.15) is 0 Å². The normalized spacial score (nSPS) is 12.9. The molecule has 8 heteroatoms. The average molecular weight is 408 g/mol. The number of aromatic amines is 1. The minimum atomic E-state index is -3.14. The zero-order valence-electron chi connectivity index (χ0n) is 16.0. The van der Waals surface area contributed by atoms with Gasteiger partial charge in [-0.2, -0.15) is 5.10 Å². The lowest BCUT2D eigenvalue weighted by Crippen LogP contribution is -2.24. The number of aromatic nitrogens is 4. The van der Waals surface area contributed by atoms with Crippen molar-refractivity contribution < 1.29 is 8.42 Å². The smallest absolute Gasteiger partial charge is 0.261 e. The van der Waals surface area contributed by atoms with Crippen LogP contribution in [0.1, 0.15) is 24.1 Å². The summed E-state index contributed by atoms with van der Waals surface area (Å²) >= 11 is 0. The highest BCUT2D eigenvalue weighted by atomic mass is 32.2. The number of H-pyrrole nitrogens is 1. The van der Waals surface area contributed by atoms with Crippen molar-refractivity contribution in [2.75, 3.05) is 6.26 Å². The number of hydrogen-bond acceptors (Lipinski definition) is 5. The third-order valence-corrected chi connectivity index (χ3v) is 5.75. The fourth-order valence-electron chi connectivity index (χ4n) is 3.41. The van der Waals surface area contributed by atoms with Crippen LogP contribution in [0.3, 0.4) is 0 Å². The minimum absolute atomic E-state index is 0.0352. The van der Waals surface area contributed by atoms with Gasteiger partial charge in [-0.05, 0) is 35.7 Å². The van der Waals surface area contributed by atoms with Crippen molar-refractivity contribution >= 4 is 20.7 Å².